The van der Waals surface area contributed by atoms with Gasteiger partial charge in [-0.05, 0) is 55.6 Å². The number of nitrogens with one attached hydrogen (secondary N) is 3. The van der Waals surface area contributed by atoms with Crippen LogP contribution in [0.5, 0.6) is 11.5 Å². The van der Waals surface area contributed by atoms with E-state index in [-0.39, 0.29) is 36.8 Å². The molecule has 1 aromatic heterocycles. The average molecular weight is 562 g/mol. The van der Waals surface area contributed by atoms with E-state index in [4.69, 9.17) is 9.47 Å². The van der Waals surface area contributed by atoms with Gasteiger partial charge in [-0.15, -0.1) is 12.4 Å². The van der Waals surface area contributed by atoms with Gasteiger partial charge in [0.05, 0.1) is 32.4 Å². The van der Waals surface area contributed by atoms with E-state index < -0.39 is 12.5 Å². The Labute approximate surface area is 232 Å². The third kappa shape index (κ3) is 6.45. The van der Waals surface area contributed by atoms with E-state index in [9.17, 15) is 13.6 Å². The number of fused-ring (bicyclic) bond motifs is 1. The SMILES string of the molecule is COc1ccc(C2CC(C(F)F)n3nc(-c4ccc(CC(=O)NC5CCNCC5)cc4)cc3N2)cc1OC.Cl. The van der Waals surface area contributed by atoms with Crippen LogP contribution in [-0.2, 0) is 11.2 Å². The van der Waals surface area contributed by atoms with Crippen molar-refractivity contribution in [2.75, 3.05) is 32.6 Å². The van der Waals surface area contributed by atoms with Gasteiger partial charge in [-0.3, -0.25) is 4.79 Å². The van der Waals surface area contributed by atoms with Crippen LogP contribution in [0.2, 0.25) is 0 Å². The summed E-state index contributed by atoms with van der Waals surface area (Å²) >= 11 is 0. The number of carbonyl (C=O) groups is 1. The van der Waals surface area contributed by atoms with E-state index in [2.05, 4.69) is 21.0 Å². The highest BCUT2D eigenvalue weighted by Gasteiger charge is 2.35. The maximum absolute atomic E-state index is 14.1. The Kier molecular flexibility index (Phi) is 9.29. The number of piperidine rings is 1. The minimum absolute atomic E-state index is 0. The van der Waals surface area contributed by atoms with Gasteiger partial charge in [0.25, 0.3) is 6.43 Å². The first-order valence-electron chi connectivity index (χ1n) is 12.9. The second-order valence-electron chi connectivity index (χ2n) is 9.77. The van der Waals surface area contributed by atoms with E-state index in [0.29, 0.717) is 29.4 Å². The number of halogens is 3. The number of aromatic nitrogens is 2. The number of rotatable bonds is 8. The highest BCUT2D eigenvalue weighted by atomic mass is 35.5. The lowest BCUT2D eigenvalue weighted by molar-refractivity contribution is -0.121. The smallest absolute Gasteiger partial charge is 0.260 e. The molecule has 3 N–H and O–H groups in total. The maximum Gasteiger partial charge on any atom is 0.260 e. The van der Waals surface area contributed by atoms with Gasteiger partial charge in [0, 0.05) is 17.7 Å². The molecule has 0 aliphatic carbocycles. The molecular formula is C28H34ClF2N5O3. The van der Waals surface area contributed by atoms with Gasteiger partial charge in [-0.2, -0.15) is 5.10 Å². The largest absolute Gasteiger partial charge is 0.493 e. The number of benzene rings is 2. The number of anilines is 1. The number of amides is 1. The van der Waals surface area contributed by atoms with E-state index in [1.807, 2.05) is 36.4 Å². The van der Waals surface area contributed by atoms with Gasteiger partial charge in [0.1, 0.15) is 11.9 Å². The summed E-state index contributed by atoms with van der Waals surface area (Å²) in [5.41, 5.74) is 3.11. The molecule has 1 fully saturated rings. The lowest BCUT2D eigenvalue weighted by atomic mass is 9.97. The Hall–Kier alpha value is -3.37. The third-order valence-corrected chi connectivity index (χ3v) is 7.27. The minimum atomic E-state index is -2.58. The highest BCUT2D eigenvalue weighted by Crippen LogP contribution is 2.41. The molecule has 8 nitrogen and oxygen atoms in total. The van der Waals surface area contributed by atoms with E-state index in [1.54, 1.807) is 26.4 Å². The Morgan fingerprint density at radius 3 is 2.46 bits per heavy atom. The first-order chi connectivity index (χ1) is 18.4. The van der Waals surface area contributed by atoms with Crippen LogP contribution in [0.3, 0.4) is 0 Å². The summed E-state index contributed by atoms with van der Waals surface area (Å²) in [5.74, 6) is 1.66. The topological polar surface area (TPSA) is 89.4 Å². The van der Waals surface area contributed by atoms with Crippen molar-refractivity contribution in [1.82, 2.24) is 20.4 Å². The molecule has 0 saturated carbocycles. The quantitative estimate of drug-likeness (QED) is 0.367. The normalized spacial score (nSPS) is 19.0. The Morgan fingerprint density at radius 2 is 1.79 bits per heavy atom. The molecule has 2 aliphatic rings. The van der Waals surface area contributed by atoms with Gasteiger partial charge in [0.2, 0.25) is 5.91 Å². The van der Waals surface area contributed by atoms with Gasteiger partial charge in [-0.1, -0.05) is 30.3 Å². The molecule has 11 heteroatoms. The van der Waals surface area contributed by atoms with Crippen LogP contribution in [0.4, 0.5) is 14.6 Å². The molecule has 2 aromatic carbocycles. The van der Waals surface area contributed by atoms with E-state index in [1.165, 1.54) is 4.68 Å². The molecule has 2 aliphatic heterocycles. The number of alkyl halides is 2. The van der Waals surface area contributed by atoms with Crippen molar-refractivity contribution in [3.05, 3.63) is 59.7 Å². The summed E-state index contributed by atoms with van der Waals surface area (Å²) in [7, 11) is 3.10. The molecule has 1 saturated heterocycles. The van der Waals surface area contributed by atoms with Crippen molar-refractivity contribution in [2.45, 2.75) is 50.2 Å². The first-order valence-corrected chi connectivity index (χ1v) is 12.9. The summed E-state index contributed by atoms with van der Waals surface area (Å²) in [6, 6.07) is 13.6. The van der Waals surface area contributed by atoms with Crippen LogP contribution in [0, 0.1) is 0 Å². The molecule has 0 bridgehead atoms. The fourth-order valence-corrected chi connectivity index (χ4v) is 5.20. The number of hydrogen-bond acceptors (Lipinski definition) is 6. The van der Waals surface area contributed by atoms with Gasteiger partial charge in [-0.25, -0.2) is 13.5 Å². The number of hydrogen-bond donors (Lipinski definition) is 3. The van der Waals surface area contributed by atoms with Crippen LogP contribution in [0.15, 0.2) is 48.5 Å². The molecular weight excluding hydrogens is 528 g/mol. The minimum Gasteiger partial charge on any atom is -0.493 e. The molecule has 0 spiro atoms. The highest BCUT2D eigenvalue weighted by molar-refractivity contribution is 5.85. The summed E-state index contributed by atoms with van der Waals surface area (Å²) in [4.78, 5) is 12.5. The molecule has 210 valence electrons. The van der Waals surface area contributed by atoms with Crippen molar-refractivity contribution < 1.29 is 23.0 Å². The Morgan fingerprint density at radius 1 is 1.08 bits per heavy atom. The van der Waals surface area contributed by atoms with Crippen LogP contribution < -0.4 is 25.4 Å². The van der Waals surface area contributed by atoms with Crippen molar-refractivity contribution in [1.29, 1.82) is 0 Å². The number of methoxy groups -OCH3 is 2. The third-order valence-electron chi connectivity index (χ3n) is 7.27. The van der Waals surface area contributed by atoms with E-state index >= 15 is 0 Å². The monoisotopic (exact) mass is 561 g/mol. The summed E-state index contributed by atoms with van der Waals surface area (Å²) in [6.07, 6.45) is -0.225. The van der Waals surface area contributed by atoms with Gasteiger partial charge in [0.15, 0.2) is 11.5 Å². The molecule has 3 heterocycles. The Balaban J connectivity index is 0.00000353. The zero-order chi connectivity index (χ0) is 26.6. The number of carbonyl (C=O) groups excluding carboxylic acids is 1. The van der Waals surface area contributed by atoms with Crippen molar-refractivity contribution in [3.63, 3.8) is 0 Å². The Bertz CT molecular complexity index is 1260. The standard InChI is InChI=1S/C28H33F2N5O3.ClH/c1-37-24-8-7-19(14-25(24)38-2)21-15-23(28(29)30)35-26(33-21)16-22(34-35)18-5-3-17(4-6-18)13-27(36)32-20-9-11-31-12-10-20;/h3-8,14,16,20-21,23,28,31,33H,9-13,15H2,1-2H3,(H,32,36);1H. The summed E-state index contributed by atoms with van der Waals surface area (Å²) < 4.78 is 40.4. The predicted molar refractivity (Wildman–Crippen MR) is 148 cm³/mol. The molecule has 2 atom stereocenters. The molecule has 2 unspecified atom stereocenters. The van der Waals surface area contributed by atoms with Crippen LogP contribution in [-0.4, -0.2) is 55.5 Å². The zero-order valence-corrected chi connectivity index (χ0v) is 22.8. The van der Waals surface area contributed by atoms with Crippen molar-refractivity contribution in [3.8, 4) is 22.8 Å². The zero-order valence-electron chi connectivity index (χ0n) is 22.0. The lowest BCUT2D eigenvalue weighted by Gasteiger charge is -2.32. The van der Waals surface area contributed by atoms with Crippen LogP contribution >= 0.6 is 12.4 Å². The fourth-order valence-electron chi connectivity index (χ4n) is 5.20. The van der Waals surface area contributed by atoms with Crippen molar-refractivity contribution >= 4 is 24.1 Å². The second-order valence-corrected chi connectivity index (χ2v) is 9.77. The molecule has 39 heavy (non-hydrogen) atoms. The van der Waals surface area contributed by atoms with E-state index in [0.717, 1.165) is 42.6 Å². The summed E-state index contributed by atoms with van der Waals surface area (Å²) in [5, 5.41) is 14.3. The van der Waals surface area contributed by atoms with Gasteiger partial charge < -0.3 is 25.4 Å². The summed E-state index contributed by atoms with van der Waals surface area (Å²) in [6.45, 7) is 1.84. The maximum atomic E-state index is 14.1. The number of ether oxygens (including phenoxy) is 2. The fraction of sp³-hybridized carbons (Fsp3) is 0.429. The number of nitrogens with zero attached hydrogens (tertiary/aromatic N) is 2. The van der Waals surface area contributed by atoms with Gasteiger partial charge >= 0.3 is 0 Å². The van der Waals surface area contributed by atoms with Crippen LogP contribution in [0.25, 0.3) is 11.3 Å². The van der Waals surface area contributed by atoms with Crippen LogP contribution in [0.1, 0.15) is 42.5 Å². The molecule has 3 aromatic rings. The predicted octanol–water partition coefficient (Wildman–Crippen LogP) is 4.76. The lowest BCUT2D eigenvalue weighted by Crippen LogP contribution is -2.43. The van der Waals surface area contributed by atoms with Crippen molar-refractivity contribution in [2.24, 2.45) is 0 Å². The molecule has 0 radical (unpaired) electrons. The first kappa shape index (κ1) is 28.6. The molecule has 5 rings (SSSR count). The molecule has 1 amide bonds. The average Bonchev–Trinajstić information content (AvgIpc) is 3.37. The second kappa shape index (κ2) is 12.7.